The Labute approximate surface area is 172 Å². The maximum atomic E-state index is 12.5. The lowest BCUT2D eigenvalue weighted by atomic mass is 10.00. The van der Waals surface area contributed by atoms with E-state index < -0.39 is 0 Å². The van der Waals surface area contributed by atoms with Gasteiger partial charge in [0, 0.05) is 57.2 Å². The first-order chi connectivity index (χ1) is 14.3. The number of nitrogens with one attached hydrogen (secondary N) is 2. The number of ether oxygens (including phenoxy) is 1. The van der Waals surface area contributed by atoms with E-state index in [2.05, 4.69) is 44.8 Å². The minimum atomic E-state index is -0.0357. The van der Waals surface area contributed by atoms with E-state index in [1.807, 2.05) is 6.07 Å². The van der Waals surface area contributed by atoms with Gasteiger partial charge in [0.2, 0.25) is 0 Å². The second kappa shape index (κ2) is 9.85. The van der Waals surface area contributed by atoms with Crippen molar-refractivity contribution < 1.29 is 9.53 Å². The van der Waals surface area contributed by atoms with E-state index in [-0.39, 0.29) is 5.91 Å². The Kier molecular flexibility index (Phi) is 6.75. The predicted octanol–water partition coefficient (Wildman–Crippen LogP) is 2.85. The van der Waals surface area contributed by atoms with Gasteiger partial charge in [-0.1, -0.05) is 24.3 Å². The molecular formula is C23H30N4O2. The molecule has 6 nitrogen and oxygen atoms in total. The zero-order valence-electron chi connectivity index (χ0n) is 16.9. The number of nitrogens with zero attached hydrogens (tertiary/aromatic N) is 2. The fourth-order valence-corrected chi connectivity index (χ4v) is 4.05. The molecule has 0 aliphatic carbocycles. The monoisotopic (exact) mass is 394 g/mol. The summed E-state index contributed by atoms with van der Waals surface area (Å²) in [6, 6.07) is 12.7. The molecule has 1 amide bonds. The third-order valence-electron chi connectivity index (χ3n) is 5.74. The van der Waals surface area contributed by atoms with Crippen molar-refractivity contribution in [2.24, 2.45) is 0 Å². The molecular weight excluding hydrogens is 364 g/mol. The van der Waals surface area contributed by atoms with Gasteiger partial charge in [-0.3, -0.25) is 9.69 Å². The predicted molar refractivity (Wildman–Crippen MR) is 114 cm³/mol. The molecule has 1 aromatic heterocycles. The zero-order chi connectivity index (χ0) is 19.9. The van der Waals surface area contributed by atoms with Crippen molar-refractivity contribution in [2.45, 2.75) is 38.3 Å². The largest absolute Gasteiger partial charge is 0.381 e. The number of anilines is 1. The van der Waals surface area contributed by atoms with Crippen LogP contribution in [0, 0.1) is 0 Å². The van der Waals surface area contributed by atoms with Gasteiger partial charge in [-0.2, -0.15) is 0 Å². The molecule has 2 N–H and O–H groups in total. The molecule has 2 aliphatic rings. The number of benzene rings is 1. The molecule has 1 fully saturated rings. The topological polar surface area (TPSA) is 66.5 Å². The van der Waals surface area contributed by atoms with E-state index in [0.717, 1.165) is 64.3 Å². The smallest absolute Gasteiger partial charge is 0.251 e. The number of carbonyl (C=O) groups excluding carboxylic acids is 1. The number of fused-ring (bicyclic) bond motifs is 1. The fraction of sp³-hybridized carbons (Fsp3) is 0.478. The van der Waals surface area contributed by atoms with Gasteiger partial charge >= 0.3 is 0 Å². The molecule has 2 aromatic rings. The molecule has 3 heterocycles. The van der Waals surface area contributed by atoms with Crippen LogP contribution in [0.4, 0.5) is 5.82 Å². The average Bonchev–Trinajstić information content (AvgIpc) is 2.77. The van der Waals surface area contributed by atoms with E-state index in [1.54, 1.807) is 12.3 Å². The number of rotatable bonds is 7. The van der Waals surface area contributed by atoms with Crippen molar-refractivity contribution in [3.05, 3.63) is 59.3 Å². The highest BCUT2D eigenvalue weighted by molar-refractivity contribution is 5.94. The third-order valence-corrected chi connectivity index (χ3v) is 5.74. The molecule has 1 aromatic carbocycles. The van der Waals surface area contributed by atoms with E-state index in [9.17, 15) is 4.79 Å². The highest BCUT2D eigenvalue weighted by Crippen LogP contribution is 2.18. The van der Waals surface area contributed by atoms with E-state index >= 15 is 0 Å². The molecule has 0 saturated carbocycles. The zero-order valence-corrected chi connectivity index (χ0v) is 16.9. The minimum Gasteiger partial charge on any atom is -0.381 e. The molecule has 0 unspecified atom stereocenters. The number of pyridine rings is 1. The van der Waals surface area contributed by atoms with Gasteiger partial charge in [-0.05, 0) is 48.9 Å². The lowest BCUT2D eigenvalue weighted by Crippen LogP contribution is -2.33. The normalized spacial score (nSPS) is 17.5. The van der Waals surface area contributed by atoms with Crippen LogP contribution in [0.5, 0.6) is 0 Å². The maximum Gasteiger partial charge on any atom is 0.251 e. The van der Waals surface area contributed by atoms with Gasteiger partial charge in [-0.25, -0.2) is 4.98 Å². The van der Waals surface area contributed by atoms with Crippen molar-refractivity contribution >= 4 is 11.7 Å². The van der Waals surface area contributed by atoms with Gasteiger partial charge in [0.1, 0.15) is 5.82 Å². The van der Waals surface area contributed by atoms with Crippen LogP contribution in [0.25, 0.3) is 0 Å². The molecule has 154 valence electrons. The van der Waals surface area contributed by atoms with Crippen LogP contribution >= 0.6 is 0 Å². The van der Waals surface area contributed by atoms with Crippen LogP contribution in [0.2, 0.25) is 0 Å². The summed E-state index contributed by atoms with van der Waals surface area (Å²) in [6.45, 7) is 5.34. The Morgan fingerprint density at radius 2 is 2.00 bits per heavy atom. The molecule has 6 heteroatoms. The van der Waals surface area contributed by atoms with Crippen molar-refractivity contribution in [1.82, 2.24) is 15.2 Å². The van der Waals surface area contributed by atoms with Crippen LogP contribution < -0.4 is 10.6 Å². The third kappa shape index (κ3) is 5.55. The lowest BCUT2D eigenvalue weighted by Gasteiger charge is -2.28. The second-order valence-corrected chi connectivity index (χ2v) is 7.87. The molecule has 0 radical (unpaired) electrons. The maximum absolute atomic E-state index is 12.5. The Morgan fingerprint density at radius 3 is 2.86 bits per heavy atom. The number of hydrogen-bond acceptors (Lipinski definition) is 5. The summed E-state index contributed by atoms with van der Waals surface area (Å²) in [5.41, 5.74) is 3.56. The summed E-state index contributed by atoms with van der Waals surface area (Å²) in [5.74, 6) is 0.725. The Hall–Kier alpha value is -2.44. The molecule has 4 rings (SSSR count). The first-order valence-electron chi connectivity index (χ1n) is 10.7. The van der Waals surface area contributed by atoms with Crippen molar-refractivity contribution in [3.63, 3.8) is 0 Å². The van der Waals surface area contributed by atoms with Crippen LogP contribution in [0.1, 0.15) is 40.7 Å². The van der Waals surface area contributed by atoms with Gasteiger partial charge in [-0.15, -0.1) is 0 Å². The summed E-state index contributed by atoms with van der Waals surface area (Å²) >= 11 is 0. The standard InChI is InChI=1S/C23H30N4O2/c28-23(19-6-11-24-22(16-19)26-21-8-14-29-15-9-21)25-10-3-12-27-13-7-18-4-1-2-5-20(18)17-27/h1-2,4-6,11,16,21H,3,7-10,12-15,17H2,(H,24,26)(H,25,28). The molecule has 0 spiro atoms. The lowest BCUT2D eigenvalue weighted by molar-refractivity contribution is 0.0903. The SMILES string of the molecule is O=C(NCCCN1CCc2ccccc2C1)c1ccnc(NC2CCOCC2)c1. The van der Waals surface area contributed by atoms with Crippen LogP contribution in [0.3, 0.4) is 0 Å². The van der Waals surface area contributed by atoms with Crippen molar-refractivity contribution in [2.75, 3.05) is 38.2 Å². The summed E-state index contributed by atoms with van der Waals surface area (Å²) in [5, 5.41) is 6.46. The second-order valence-electron chi connectivity index (χ2n) is 7.87. The van der Waals surface area contributed by atoms with Gasteiger partial charge in [0.05, 0.1) is 0 Å². The molecule has 0 bridgehead atoms. The molecule has 1 saturated heterocycles. The highest BCUT2D eigenvalue weighted by Gasteiger charge is 2.16. The fourth-order valence-electron chi connectivity index (χ4n) is 4.05. The van der Waals surface area contributed by atoms with Gasteiger partial charge in [0.25, 0.3) is 5.91 Å². The van der Waals surface area contributed by atoms with E-state index in [1.165, 1.54) is 11.1 Å². The van der Waals surface area contributed by atoms with Gasteiger partial charge < -0.3 is 15.4 Å². The summed E-state index contributed by atoms with van der Waals surface area (Å²) < 4.78 is 5.39. The number of aromatic nitrogens is 1. The first-order valence-corrected chi connectivity index (χ1v) is 10.7. The average molecular weight is 395 g/mol. The van der Waals surface area contributed by atoms with Crippen LogP contribution in [-0.4, -0.2) is 54.7 Å². The molecule has 2 aliphatic heterocycles. The van der Waals surface area contributed by atoms with Crippen LogP contribution in [-0.2, 0) is 17.7 Å². The summed E-state index contributed by atoms with van der Waals surface area (Å²) in [6.07, 6.45) is 5.70. The summed E-state index contributed by atoms with van der Waals surface area (Å²) in [4.78, 5) is 19.3. The van der Waals surface area contributed by atoms with Crippen molar-refractivity contribution in [1.29, 1.82) is 0 Å². The van der Waals surface area contributed by atoms with Crippen molar-refractivity contribution in [3.8, 4) is 0 Å². The first kappa shape index (κ1) is 19.9. The summed E-state index contributed by atoms with van der Waals surface area (Å²) in [7, 11) is 0. The molecule has 0 atom stereocenters. The quantitative estimate of drug-likeness (QED) is 0.707. The number of carbonyl (C=O) groups is 1. The number of hydrogen-bond donors (Lipinski definition) is 2. The molecule has 29 heavy (non-hydrogen) atoms. The highest BCUT2D eigenvalue weighted by atomic mass is 16.5. The van der Waals surface area contributed by atoms with E-state index in [4.69, 9.17) is 4.74 Å². The Balaban J connectivity index is 1.20. The number of amides is 1. The van der Waals surface area contributed by atoms with E-state index in [0.29, 0.717) is 18.2 Å². The Morgan fingerprint density at radius 1 is 1.17 bits per heavy atom. The minimum absolute atomic E-state index is 0.0357. The Bertz CT molecular complexity index is 820. The van der Waals surface area contributed by atoms with Gasteiger partial charge in [0.15, 0.2) is 0 Å². The van der Waals surface area contributed by atoms with Crippen LogP contribution in [0.15, 0.2) is 42.6 Å².